The van der Waals surface area contributed by atoms with Crippen LogP contribution in [0.2, 0.25) is 0 Å². The van der Waals surface area contributed by atoms with Gasteiger partial charge in [0, 0.05) is 24.5 Å². The van der Waals surface area contributed by atoms with Crippen LogP contribution < -0.4 is 10.7 Å². The Morgan fingerprint density at radius 3 is 2.76 bits per heavy atom. The molecule has 0 aliphatic rings. The third-order valence-corrected chi connectivity index (χ3v) is 2.06. The van der Waals surface area contributed by atoms with Crippen molar-refractivity contribution in [3.8, 4) is 0 Å². The van der Waals surface area contributed by atoms with Gasteiger partial charge in [-0.2, -0.15) is 0 Å². The average Bonchev–Trinajstić information content (AvgIpc) is 2.25. The number of amides is 1. The van der Waals surface area contributed by atoms with Crippen molar-refractivity contribution in [3.63, 3.8) is 0 Å². The van der Waals surface area contributed by atoms with Gasteiger partial charge in [-0.3, -0.25) is 9.59 Å². The SMILES string of the molecule is Cc1cc(=O)c(C(=O)NCC(O)C(F)F)c[nH]1. The van der Waals surface area contributed by atoms with E-state index in [0.29, 0.717) is 5.69 Å². The van der Waals surface area contributed by atoms with Crippen molar-refractivity contribution >= 4 is 5.91 Å². The summed E-state index contributed by atoms with van der Waals surface area (Å²) in [6.45, 7) is 1.04. The van der Waals surface area contributed by atoms with E-state index in [1.807, 2.05) is 0 Å². The van der Waals surface area contributed by atoms with Crippen LogP contribution in [-0.2, 0) is 0 Å². The Bertz CT molecular complexity index is 459. The van der Waals surface area contributed by atoms with Gasteiger partial charge in [0.2, 0.25) is 0 Å². The third-order valence-electron chi connectivity index (χ3n) is 2.06. The van der Waals surface area contributed by atoms with Crippen LogP contribution in [0.5, 0.6) is 0 Å². The highest BCUT2D eigenvalue weighted by molar-refractivity contribution is 5.93. The molecule has 1 amide bonds. The number of aliphatic hydroxyl groups excluding tert-OH is 1. The number of nitrogens with one attached hydrogen (secondary N) is 2. The second-order valence-electron chi connectivity index (χ2n) is 3.51. The summed E-state index contributed by atoms with van der Waals surface area (Å²) in [4.78, 5) is 25.4. The minimum Gasteiger partial charge on any atom is -0.385 e. The monoisotopic (exact) mass is 246 g/mol. The van der Waals surface area contributed by atoms with E-state index in [9.17, 15) is 18.4 Å². The number of halogens is 2. The van der Waals surface area contributed by atoms with Crippen LogP contribution in [0, 0.1) is 6.92 Å². The predicted octanol–water partition coefficient (Wildman–Crippen LogP) is 0.0391. The number of aryl methyl sites for hydroxylation is 1. The molecule has 0 saturated heterocycles. The molecule has 0 aliphatic carbocycles. The number of H-pyrrole nitrogens is 1. The predicted molar refractivity (Wildman–Crippen MR) is 56.1 cm³/mol. The summed E-state index contributed by atoms with van der Waals surface area (Å²) in [6.07, 6.45) is -3.68. The number of pyridine rings is 1. The smallest absolute Gasteiger partial charge is 0.265 e. The largest absolute Gasteiger partial charge is 0.385 e. The van der Waals surface area contributed by atoms with Crippen molar-refractivity contribution in [1.29, 1.82) is 0 Å². The first kappa shape index (κ1) is 13.3. The summed E-state index contributed by atoms with van der Waals surface area (Å²) in [5, 5.41) is 10.8. The van der Waals surface area contributed by atoms with Crippen LogP contribution in [0.1, 0.15) is 16.1 Å². The lowest BCUT2D eigenvalue weighted by atomic mass is 10.2. The molecule has 5 nitrogen and oxygen atoms in total. The maximum absolute atomic E-state index is 11.9. The summed E-state index contributed by atoms with van der Waals surface area (Å²) in [5.74, 6) is -0.800. The normalized spacial score (nSPS) is 12.5. The Morgan fingerprint density at radius 1 is 1.59 bits per heavy atom. The van der Waals surface area contributed by atoms with Crippen LogP contribution >= 0.6 is 0 Å². The maximum Gasteiger partial charge on any atom is 0.265 e. The van der Waals surface area contributed by atoms with Crippen molar-refractivity contribution in [3.05, 3.63) is 33.7 Å². The summed E-state index contributed by atoms with van der Waals surface area (Å²) in [6, 6.07) is 1.22. The van der Waals surface area contributed by atoms with E-state index in [-0.39, 0.29) is 5.56 Å². The molecule has 7 heteroatoms. The van der Waals surface area contributed by atoms with Gasteiger partial charge in [0.15, 0.2) is 5.43 Å². The van der Waals surface area contributed by atoms with Crippen LogP contribution in [0.3, 0.4) is 0 Å². The van der Waals surface area contributed by atoms with Crippen LogP contribution in [0.4, 0.5) is 8.78 Å². The number of hydrogen-bond donors (Lipinski definition) is 3. The fourth-order valence-corrected chi connectivity index (χ4v) is 1.13. The molecule has 1 atom stereocenters. The Hall–Kier alpha value is -1.76. The molecule has 1 unspecified atom stereocenters. The second kappa shape index (κ2) is 5.53. The van der Waals surface area contributed by atoms with Gasteiger partial charge < -0.3 is 15.4 Å². The zero-order chi connectivity index (χ0) is 13.0. The Kier molecular flexibility index (Phi) is 4.33. The molecule has 0 spiro atoms. The molecule has 94 valence electrons. The Labute approximate surface area is 95.5 Å². The lowest BCUT2D eigenvalue weighted by Crippen LogP contribution is -2.37. The first-order chi connectivity index (χ1) is 7.91. The molecule has 0 saturated carbocycles. The molecule has 0 fully saturated rings. The summed E-state index contributed by atoms with van der Waals surface area (Å²) >= 11 is 0. The van der Waals surface area contributed by atoms with Gasteiger partial charge >= 0.3 is 0 Å². The minimum atomic E-state index is -2.94. The molecular formula is C10H12F2N2O3. The van der Waals surface area contributed by atoms with Crippen molar-refractivity contribution in [1.82, 2.24) is 10.3 Å². The quantitative estimate of drug-likeness (QED) is 0.701. The molecule has 0 aromatic carbocycles. The van der Waals surface area contributed by atoms with Gasteiger partial charge in [0.25, 0.3) is 12.3 Å². The number of alkyl halides is 2. The fraction of sp³-hybridized carbons (Fsp3) is 0.400. The number of carbonyl (C=O) groups excluding carboxylic acids is 1. The molecule has 1 rings (SSSR count). The highest BCUT2D eigenvalue weighted by Gasteiger charge is 2.18. The standard InChI is InChI=1S/C10H12F2N2O3/c1-5-2-7(15)6(3-13-5)10(17)14-4-8(16)9(11)12/h2-3,8-9,16H,4H2,1H3,(H,13,15)(H,14,17). The second-order valence-corrected chi connectivity index (χ2v) is 3.51. The lowest BCUT2D eigenvalue weighted by molar-refractivity contribution is -0.00270. The van der Waals surface area contributed by atoms with Crippen LogP contribution in [-0.4, -0.2) is 35.1 Å². The summed E-state index contributed by atoms with van der Waals surface area (Å²) in [5.41, 5.74) is -0.110. The third kappa shape index (κ3) is 3.63. The molecule has 17 heavy (non-hydrogen) atoms. The average molecular weight is 246 g/mol. The van der Waals surface area contributed by atoms with Crippen molar-refractivity contribution in [2.75, 3.05) is 6.54 Å². The van der Waals surface area contributed by atoms with Gasteiger partial charge in [-0.25, -0.2) is 8.78 Å². The summed E-state index contributed by atoms with van der Waals surface area (Å²) < 4.78 is 23.9. The van der Waals surface area contributed by atoms with Crippen molar-refractivity contribution in [2.45, 2.75) is 19.5 Å². The number of hydrogen-bond acceptors (Lipinski definition) is 3. The van der Waals surface area contributed by atoms with E-state index in [2.05, 4.69) is 10.3 Å². The van der Waals surface area contributed by atoms with Gasteiger partial charge in [-0.15, -0.1) is 0 Å². The minimum absolute atomic E-state index is 0.183. The molecule has 3 N–H and O–H groups in total. The number of aromatic nitrogens is 1. The molecule has 1 aromatic heterocycles. The van der Waals surface area contributed by atoms with E-state index in [0.717, 1.165) is 0 Å². The van der Waals surface area contributed by atoms with Crippen LogP contribution in [0.15, 0.2) is 17.1 Å². The molecular weight excluding hydrogens is 234 g/mol. The van der Waals surface area contributed by atoms with E-state index in [1.54, 1.807) is 6.92 Å². The van der Waals surface area contributed by atoms with Gasteiger partial charge in [0.05, 0.1) is 0 Å². The topological polar surface area (TPSA) is 82.2 Å². The Morgan fingerprint density at radius 2 is 2.24 bits per heavy atom. The van der Waals surface area contributed by atoms with Crippen LogP contribution in [0.25, 0.3) is 0 Å². The van der Waals surface area contributed by atoms with Crippen molar-refractivity contribution in [2.24, 2.45) is 0 Å². The van der Waals surface area contributed by atoms with Gasteiger partial charge in [-0.1, -0.05) is 0 Å². The van der Waals surface area contributed by atoms with E-state index >= 15 is 0 Å². The van der Waals surface area contributed by atoms with Gasteiger partial charge in [-0.05, 0) is 6.92 Å². The summed E-state index contributed by atoms with van der Waals surface area (Å²) in [7, 11) is 0. The maximum atomic E-state index is 11.9. The highest BCUT2D eigenvalue weighted by Crippen LogP contribution is 1.99. The fourth-order valence-electron chi connectivity index (χ4n) is 1.13. The van der Waals surface area contributed by atoms with Gasteiger partial charge in [0.1, 0.15) is 11.7 Å². The first-order valence-corrected chi connectivity index (χ1v) is 4.85. The zero-order valence-electron chi connectivity index (χ0n) is 9.04. The number of carbonyl (C=O) groups is 1. The zero-order valence-corrected chi connectivity index (χ0v) is 9.04. The molecule has 1 heterocycles. The molecule has 0 bridgehead atoms. The number of aromatic amines is 1. The first-order valence-electron chi connectivity index (χ1n) is 4.85. The molecule has 0 radical (unpaired) electrons. The van der Waals surface area contributed by atoms with E-state index in [4.69, 9.17) is 5.11 Å². The molecule has 1 aromatic rings. The lowest BCUT2D eigenvalue weighted by Gasteiger charge is -2.10. The number of aliphatic hydroxyl groups is 1. The van der Waals surface area contributed by atoms with E-state index in [1.165, 1.54) is 12.3 Å². The van der Waals surface area contributed by atoms with E-state index < -0.39 is 30.4 Å². The number of rotatable bonds is 4. The Balaban J connectivity index is 2.68. The van der Waals surface area contributed by atoms with Crippen molar-refractivity contribution < 1.29 is 18.7 Å². The highest BCUT2D eigenvalue weighted by atomic mass is 19.3. The molecule has 0 aliphatic heterocycles.